The smallest absolute Gasteiger partial charge is 0.163 e. The summed E-state index contributed by atoms with van der Waals surface area (Å²) in [5.74, 6) is 2.56. The Hall–Kier alpha value is -2.24. The average molecular weight is 370 g/mol. The summed E-state index contributed by atoms with van der Waals surface area (Å²) in [5.41, 5.74) is 3.12. The van der Waals surface area contributed by atoms with Crippen LogP contribution in [0.15, 0.2) is 36.4 Å². The summed E-state index contributed by atoms with van der Waals surface area (Å²) in [6.45, 7) is 3.21. The van der Waals surface area contributed by atoms with Gasteiger partial charge in [0.2, 0.25) is 0 Å². The number of aromatic nitrogens is 2. The topological polar surface area (TPSA) is 48.3 Å². The van der Waals surface area contributed by atoms with Gasteiger partial charge in [0.25, 0.3) is 0 Å². The van der Waals surface area contributed by atoms with Crippen molar-refractivity contribution in [3.8, 4) is 22.9 Å². The molecule has 134 valence electrons. The van der Waals surface area contributed by atoms with Gasteiger partial charge in [0.15, 0.2) is 11.5 Å². The van der Waals surface area contributed by atoms with Crippen LogP contribution in [0.5, 0.6) is 11.5 Å². The second-order valence-electron chi connectivity index (χ2n) is 6.78. The van der Waals surface area contributed by atoms with Crippen molar-refractivity contribution in [3.05, 3.63) is 41.4 Å². The fourth-order valence-electron chi connectivity index (χ4n) is 3.87. The first kappa shape index (κ1) is 16.0. The molecule has 0 bridgehead atoms. The van der Waals surface area contributed by atoms with Gasteiger partial charge < -0.3 is 19.4 Å². The average Bonchev–Trinajstić information content (AvgIpc) is 3.05. The van der Waals surface area contributed by atoms with Crippen LogP contribution in [0.3, 0.4) is 0 Å². The number of nitrogens with one attached hydrogen (secondary N) is 1. The number of hydrogen-bond acceptors (Lipinski definition) is 4. The summed E-state index contributed by atoms with van der Waals surface area (Å²) in [6, 6.07) is 12.4. The van der Waals surface area contributed by atoms with Crippen LogP contribution in [-0.2, 0) is 0 Å². The number of fused-ring (bicyclic) bond motifs is 2. The van der Waals surface area contributed by atoms with Gasteiger partial charge in [0.1, 0.15) is 19.0 Å². The van der Waals surface area contributed by atoms with Gasteiger partial charge in [-0.25, -0.2) is 4.98 Å². The van der Waals surface area contributed by atoms with E-state index in [9.17, 15) is 0 Å². The third-order valence-electron chi connectivity index (χ3n) is 5.13. The first-order chi connectivity index (χ1) is 12.8. The molecule has 0 spiro atoms. The van der Waals surface area contributed by atoms with Gasteiger partial charge in [-0.3, -0.25) is 0 Å². The highest BCUT2D eigenvalue weighted by molar-refractivity contribution is 6.30. The van der Waals surface area contributed by atoms with E-state index in [1.807, 2.05) is 30.3 Å². The van der Waals surface area contributed by atoms with E-state index in [1.165, 1.54) is 0 Å². The number of imidazole rings is 1. The van der Waals surface area contributed by atoms with E-state index in [0.717, 1.165) is 64.9 Å². The highest BCUT2D eigenvalue weighted by Gasteiger charge is 2.24. The molecule has 0 radical (unpaired) electrons. The third-order valence-corrected chi connectivity index (χ3v) is 5.38. The Bertz CT molecular complexity index is 946. The van der Waals surface area contributed by atoms with Crippen molar-refractivity contribution in [2.75, 3.05) is 26.3 Å². The lowest BCUT2D eigenvalue weighted by Gasteiger charge is -2.27. The number of nitrogens with zero attached hydrogens (tertiary/aromatic N) is 2. The molecule has 0 saturated carbocycles. The third kappa shape index (κ3) is 2.72. The first-order valence-electron chi connectivity index (χ1n) is 9.08. The Labute approximate surface area is 156 Å². The van der Waals surface area contributed by atoms with Crippen molar-refractivity contribution in [2.24, 2.45) is 0 Å². The quantitative estimate of drug-likeness (QED) is 0.740. The summed E-state index contributed by atoms with van der Waals surface area (Å²) in [7, 11) is 0. The number of benzene rings is 2. The van der Waals surface area contributed by atoms with Gasteiger partial charge in [0, 0.05) is 28.8 Å². The van der Waals surface area contributed by atoms with Crippen molar-refractivity contribution >= 4 is 22.6 Å². The van der Waals surface area contributed by atoms with Crippen molar-refractivity contribution in [2.45, 2.75) is 18.9 Å². The van der Waals surface area contributed by atoms with Gasteiger partial charge in [-0.15, -0.1) is 0 Å². The zero-order valence-corrected chi connectivity index (χ0v) is 15.1. The van der Waals surface area contributed by atoms with Crippen LogP contribution in [0, 0.1) is 0 Å². The number of halogens is 1. The molecule has 2 aliphatic rings. The summed E-state index contributed by atoms with van der Waals surface area (Å²) >= 11 is 6.08. The number of ether oxygens (including phenoxy) is 2. The van der Waals surface area contributed by atoms with E-state index >= 15 is 0 Å². The summed E-state index contributed by atoms with van der Waals surface area (Å²) in [4.78, 5) is 4.96. The molecular weight excluding hydrogens is 350 g/mol. The highest BCUT2D eigenvalue weighted by atomic mass is 35.5. The van der Waals surface area contributed by atoms with Crippen LogP contribution >= 0.6 is 11.6 Å². The van der Waals surface area contributed by atoms with Gasteiger partial charge >= 0.3 is 0 Å². The molecule has 3 heterocycles. The Morgan fingerprint density at radius 3 is 2.42 bits per heavy atom. The molecule has 0 amide bonds. The minimum atomic E-state index is 0.412. The molecule has 0 unspecified atom stereocenters. The second-order valence-corrected chi connectivity index (χ2v) is 7.21. The molecule has 5 nitrogen and oxygen atoms in total. The number of rotatable bonds is 2. The lowest BCUT2D eigenvalue weighted by atomic mass is 10.1. The predicted octanol–water partition coefficient (Wildman–Crippen LogP) is 4.05. The fraction of sp³-hybridized carbons (Fsp3) is 0.350. The van der Waals surface area contributed by atoms with Gasteiger partial charge in [-0.1, -0.05) is 11.6 Å². The lowest BCUT2D eigenvalue weighted by Crippen LogP contribution is -2.29. The van der Waals surface area contributed by atoms with Crippen LogP contribution in [0.25, 0.3) is 22.4 Å². The highest BCUT2D eigenvalue weighted by Crippen LogP contribution is 2.39. The summed E-state index contributed by atoms with van der Waals surface area (Å²) in [6.07, 6.45) is 2.17. The normalized spacial score (nSPS) is 17.6. The predicted molar refractivity (Wildman–Crippen MR) is 102 cm³/mol. The molecule has 1 fully saturated rings. The maximum atomic E-state index is 6.08. The maximum absolute atomic E-state index is 6.08. The van der Waals surface area contributed by atoms with Crippen molar-refractivity contribution in [1.82, 2.24) is 14.9 Å². The van der Waals surface area contributed by atoms with Gasteiger partial charge in [0.05, 0.1) is 11.0 Å². The molecule has 2 aliphatic heterocycles. The molecule has 26 heavy (non-hydrogen) atoms. The second kappa shape index (κ2) is 6.49. The Kier molecular flexibility index (Phi) is 3.98. The van der Waals surface area contributed by atoms with Crippen LogP contribution in [0.1, 0.15) is 18.9 Å². The van der Waals surface area contributed by atoms with E-state index < -0.39 is 0 Å². The van der Waals surface area contributed by atoms with E-state index in [1.54, 1.807) is 0 Å². The maximum Gasteiger partial charge on any atom is 0.163 e. The zero-order chi connectivity index (χ0) is 17.5. The Morgan fingerprint density at radius 2 is 1.69 bits per heavy atom. The van der Waals surface area contributed by atoms with E-state index in [-0.39, 0.29) is 0 Å². The summed E-state index contributed by atoms with van der Waals surface area (Å²) in [5, 5.41) is 4.18. The van der Waals surface area contributed by atoms with Crippen molar-refractivity contribution in [1.29, 1.82) is 0 Å². The molecule has 3 aromatic rings. The lowest BCUT2D eigenvalue weighted by molar-refractivity contribution is 0.172. The minimum absolute atomic E-state index is 0.412. The van der Waals surface area contributed by atoms with Crippen LogP contribution in [0.2, 0.25) is 5.02 Å². The SMILES string of the molecule is Clc1ccc(-c2nc3cc4c(cc3n2C2CCNCC2)OCCO4)cc1. The number of hydrogen-bond donors (Lipinski definition) is 1. The van der Waals surface area contributed by atoms with E-state index in [2.05, 4.69) is 16.0 Å². The number of piperidine rings is 1. The Morgan fingerprint density at radius 1 is 1.00 bits per heavy atom. The van der Waals surface area contributed by atoms with Crippen molar-refractivity contribution in [3.63, 3.8) is 0 Å². The van der Waals surface area contributed by atoms with E-state index in [0.29, 0.717) is 19.3 Å². The standard InChI is InChI=1S/C20H20ClN3O2/c21-14-3-1-13(2-4-14)20-23-16-11-18-19(26-10-9-25-18)12-17(16)24(20)15-5-7-22-8-6-15/h1-4,11-12,15,22H,5-10H2. The van der Waals surface area contributed by atoms with Crippen LogP contribution in [0.4, 0.5) is 0 Å². The fourth-order valence-corrected chi connectivity index (χ4v) is 3.99. The molecule has 2 aromatic carbocycles. The van der Waals surface area contributed by atoms with Gasteiger partial charge in [-0.05, 0) is 50.2 Å². The molecule has 0 atom stereocenters. The molecule has 6 heteroatoms. The molecule has 1 saturated heterocycles. The largest absolute Gasteiger partial charge is 0.486 e. The van der Waals surface area contributed by atoms with Crippen LogP contribution < -0.4 is 14.8 Å². The van der Waals surface area contributed by atoms with E-state index in [4.69, 9.17) is 26.1 Å². The molecular formula is C20H20ClN3O2. The molecule has 0 aliphatic carbocycles. The van der Waals surface area contributed by atoms with Crippen molar-refractivity contribution < 1.29 is 9.47 Å². The summed E-state index contributed by atoms with van der Waals surface area (Å²) < 4.78 is 13.9. The van der Waals surface area contributed by atoms with Gasteiger partial charge in [-0.2, -0.15) is 0 Å². The minimum Gasteiger partial charge on any atom is -0.486 e. The molecule has 1 N–H and O–H groups in total. The zero-order valence-electron chi connectivity index (χ0n) is 14.4. The monoisotopic (exact) mass is 369 g/mol. The Balaban J connectivity index is 1.72. The molecule has 5 rings (SSSR count). The van der Waals surface area contributed by atoms with Crippen LogP contribution in [-0.4, -0.2) is 35.9 Å². The molecule has 1 aromatic heterocycles. The first-order valence-corrected chi connectivity index (χ1v) is 9.45.